The minimum Gasteiger partial charge on any atom is -0.508 e. The minimum absolute atomic E-state index is 0.0938. The molecule has 108 valence electrons. The van der Waals surface area contributed by atoms with E-state index in [-0.39, 0.29) is 16.6 Å². The fraction of sp³-hybridized carbons (Fsp3) is 0.125. The van der Waals surface area contributed by atoms with Gasteiger partial charge in [0, 0.05) is 16.8 Å². The lowest BCUT2D eigenvalue weighted by atomic mass is 10.1. The lowest BCUT2D eigenvalue weighted by molar-refractivity contribution is 0.102. The van der Waals surface area contributed by atoms with Crippen molar-refractivity contribution in [1.82, 2.24) is 0 Å². The van der Waals surface area contributed by atoms with Crippen molar-refractivity contribution in [1.29, 1.82) is 0 Å². The van der Waals surface area contributed by atoms with E-state index in [0.717, 1.165) is 11.1 Å². The molecule has 5 heteroatoms. The molecule has 0 fully saturated rings. The topological polar surface area (TPSA) is 75.4 Å². The zero-order valence-electron chi connectivity index (χ0n) is 11.8. The first-order valence-corrected chi connectivity index (χ1v) is 6.80. The largest absolute Gasteiger partial charge is 0.508 e. The second-order valence-electron chi connectivity index (χ2n) is 4.85. The van der Waals surface area contributed by atoms with Gasteiger partial charge in [0.15, 0.2) is 0 Å². The fourth-order valence-corrected chi connectivity index (χ4v) is 1.98. The number of phenolic OH excluding ortho intramolecular Hbond substituents is 1. The highest BCUT2D eigenvalue weighted by molar-refractivity contribution is 7.80. The number of amides is 1. The second-order valence-corrected chi connectivity index (χ2v) is 5.29. The van der Waals surface area contributed by atoms with E-state index in [9.17, 15) is 9.90 Å². The van der Waals surface area contributed by atoms with Crippen LogP contribution < -0.4 is 11.1 Å². The van der Waals surface area contributed by atoms with Crippen molar-refractivity contribution in [3.63, 3.8) is 0 Å². The molecule has 2 aromatic rings. The molecule has 4 N–H and O–H groups in total. The molecule has 0 radical (unpaired) electrons. The number of aryl methyl sites for hydroxylation is 2. The number of thiocarbonyl (C=S) groups is 1. The number of hydrogen-bond donors (Lipinski definition) is 3. The third-order valence-electron chi connectivity index (χ3n) is 3.24. The zero-order chi connectivity index (χ0) is 15.6. The van der Waals surface area contributed by atoms with Crippen molar-refractivity contribution in [3.05, 3.63) is 58.7 Å². The molecule has 0 aliphatic rings. The second kappa shape index (κ2) is 5.93. The van der Waals surface area contributed by atoms with Crippen molar-refractivity contribution in [2.45, 2.75) is 13.8 Å². The highest BCUT2D eigenvalue weighted by atomic mass is 32.1. The molecule has 0 unspecified atom stereocenters. The summed E-state index contributed by atoms with van der Waals surface area (Å²) in [4.78, 5) is 12.5. The lowest BCUT2D eigenvalue weighted by Crippen LogP contribution is -2.15. The Kier molecular flexibility index (Phi) is 4.23. The molecule has 0 aromatic heterocycles. The first kappa shape index (κ1) is 15.0. The SMILES string of the molecule is Cc1ccc(C(=O)Nc2cc(C(N)=S)ccc2C)cc1O. The van der Waals surface area contributed by atoms with Crippen LogP contribution >= 0.6 is 12.2 Å². The van der Waals surface area contributed by atoms with Crippen LogP contribution in [0.1, 0.15) is 27.0 Å². The Morgan fingerprint density at radius 2 is 1.71 bits per heavy atom. The quantitative estimate of drug-likeness (QED) is 0.762. The van der Waals surface area contributed by atoms with Crippen LogP contribution in [0, 0.1) is 13.8 Å². The van der Waals surface area contributed by atoms with Crippen molar-refractivity contribution in [3.8, 4) is 5.75 Å². The monoisotopic (exact) mass is 300 g/mol. The molecule has 4 nitrogen and oxygen atoms in total. The summed E-state index contributed by atoms with van der Waals surface area (Å²) in [6.45, 7) is 3.65. The average Bonchev–Trinajstić information content (AvgIpc) is 2.43. The van der Waals surface area contributed by atoms with E-state index in [1.54, 1.807) is 25.1 Å². The predicted octanol–water partition coefficient (Wildman–Crippen LogP) is 2.90. The number of carbonyl (C=O) groups is 1. The van der Waals surface area contributed by atoms with Crippen LogP contribution in [0.4, 0.5) is 5.69 Å². The molecule has 0 aliphatic carbocycles. The van der Waals surface area contributed by atoms with Crippen LogP contribution in [0.5, 0.6) is 5.75 Å². The van der Waals surface area contributed by atoms with Gasteiger partial charge in [-0.2, -0.15) is 0 Å². The molecular weight excluding hydrogens is 284 g/mol. The number of benzene rings is 2. The van der Waals surface area contributed by atoms with Crippen LogP contribution in [0.15, 0.2) is 36.4 Å². The molecule has 21 heavy (non-hydrogen) atoms. The third kappa shape index (κ3) is 3.38. The van der Waals surface area contributed by atoms with Crippen molar-refractivity contribution in [2.24, 2.45) is 5.73 Å². The van der Waals surface area contributed by atoms with Crippen LogP contribution in [-0.2, 0) is 0 Å². The molecule has 0 atom stereocenters. The molecular formula is C16H16N2O2S. The van der Waals surface area contributed by atoms with Gasteiger partial charge in [0.2, 0.25) is 0 Å². The average molecular weight is 300 g/mol. The van der Waals surface area contributed by atoms with E-state index in [0.29, 0.717) is 16.8 Å². The number of carbonyl (C=O) groups excluding carboxylic acids is 1. The number of anilines is 1. The fourth-order valence-electron chi connectivity index (χ4n) is 1.86. The Balaban J connectivity index is 2.28. The number of hydrogen-bond acceptors (Lipinski definition) is 3. The Bertz CT molecular complexity index is 726. The first-order valence-electron chi connectivity index (χ1n) is 6.40. The van der Waals surface area contributed by atoms with Crippen molar-refractivity contribution in [2.75, 3.05) is 5.32 Å². The highest BCUT2D eigenvalue weighted by Gasteiger charge is 2.10. The van der Waals surface area contributed by atoms with Crippen molar-refractivity contribution < 1.29 is 9.90 Å². The number of aromatic hydroxyl groups is 1. The summed E-state index contributed by atoms with van der Waals surface area (Å²) >= 11 is 4.94. The van der Waals surface area contributed by atoms with Crippen molar-refractivity contribution >= 4 is 28.8 Å². The maximum Gasteiger partial charge on any atom is 0.255 e. The number of nitrogens with one attached hydrogen (secondary N) is 1. The smallest absolute Gasteiger partial charge is 0.255 e. The van der Waals surface area contributed by atoms with E-state index in [2.05, 4.69) is 5.32 Å². The summed E-state index contributed by atoms with van der Waals surface area (Å²) in [5.74, 6) is -0.204. The number of nitrogens with two attached hydrogens (primary N) is 1. The molecule has 1 amide bonds. The standard InChI is InChI=1S/C16H16N2O2S/c1-9-3-5-11(15(17)21)7-13(9)18-16(20)12-6-4-10(2)14(19)8-12/h3-8,19H,1-2H3,(H2,17,21)(H,18,20). The Morgan fingerprint density at radius 3 is 2.33 bits per heavy atom. The van der Waals surface area contributed by atoms with E-state index < -0.39 is 0 Å². The molecule has 0 heterocycles. The molecule has 2 aromatic carbocycles. The van der Waals surface area contributed by atoms with E-state index in [4.69, 9.17) is 18.0 Å². The highest BCUT2D eigenvalue weighted by Crippen LogP contribution is 2.21. The zero-order valence-corrected chi connectivity index (χ0v) is 12.6. The molecule has 2 rings (SSSR count). The normalized spacial score (nSPS) is 10.2. The van der Waals surface area contributed by atoms with Gasteiger partial charge in [-0.25, -0.2) is 0 Å². The maximum atomic E-state index is 12.2. The van der Waals surface area contributed by atoms with Gasteiger partial charge in [0.25, 0.3) is 5.91 Å². The van der Waals surface area contributed by atoms with E-state index in [1.807, 2.05) is 19.1 Å². The molecule has 0 spiro atoms. The van der Waals surface area contributed by atoms with Crippen LogP contribution in [0.25, 0.3) is 0 Å². The number of rotatable bonds is 3. The Morgan fingerprint density at radius 1 is 1.10 bits per heavy atom. The van der Waals surface area contributed by atoms with E-state index in [1.165, 1.54) is 6.07 Å². The van der Waals surface area contributed by atoms with E-state index >= 15 is 0 Å². The van der Waals surface area contributed by atoms with Crippen LogP contribution in [0.2, 0.25) is 0 Å². The van der Waals surface area contributed by atoms with Gasteiger partial charge in [-0.05, 0) is 43.2 Å². The van der Waals surface area contributed by atoms with Gasteiger partial charge in [0.1, 0.15) is 10.7 Å². The third-order valence-corrected chi connectivity index (χ3v) is 3.48. The molecule has 0 bridgehead atoms. The van der Waals surface area contributed by atoms with Crippen LogP contribution in [0.3, 0.4) is 0 Å². The molecule has 0 aliphatic heterocycles. The van der Waals surface area contributed by atoms with Gasteiger partial charge < -0.3 is 16.2 Å². The minimum atomic E-state index is -0.298. The summed E-state index contributed by atoms with van der Waals surface area (Å²) in [6, 6.07) is 10.2. The Labute approximate surface area is 128 Å². The summed E-state index contributed by atoms with van der Waals surface area (Å²) < 4.78 is 0. The van der Waals surface area contributed by atoms with Crippen LogP contribution in [-0.4, -0.2) is 16.0 Å². The summed E-state index contributed by atoms with van der Waals surface area (Å²) in [7, 11) is 0. The first-order chi connectivity index (χ1) is 9.88. The lowest BCUT2D eigenvalue weighted by Gasteiger charge is -2.11. The summed E-state index contributed by atoms with van der Waals surface area (Å²) in [5, 5.41) is 12.5. The van der Waals surface area contributed by atoms with Gasteiger partial charge >= 0.3 is 0 Å². The number of phenols is 1. The Hall–Kier alpha value is -2.40. The maximum absolute atomic E-state index is 12.2. The van der Waals surface area contributed by atoms with Gasteiger partial charge in [-0.3, -0.25) is 4.79 Å². The molecule has 0 saturated carbocycles. The summed E-state index contributed by atoms with van der Waals surface area (Å²) in [6.07, 6.45) is 0. The molecule has 0 saturated heterocycles. The van der Waals surface area contributed by atoms with Gasteiger partial charge in [-0.15, -0.1) is 0 Å². The van der Waals surface area contributed by atoms with Gasteiger partial charge in [0.05, 0.1) is 0 Å². The summed E-state index contributed by atoms with van der Waals surface area (Å²) in [5.41, 5.74) is 8.94. The van der Waals surface area contributed by atoms with Gasteiger partial charge in [-0.1, -0.05) is 30.4 Å². The predicted molar refractivity (Wildman–Crippen MR) is 87.9 cm³/mol.